The van der Waals surface area contributed by atoms with Crippen molar-refractivity contribution in [1.29, 1.82) is 0 Å². The van der Waals surface area contributed by atoms with E-state index in [0.717, 1.165) is 6.54 Å². The number of methoxy groups -OCH3 is 1. The number of phenolic OH excluding ortho intramolecular Hbond substituents is 1. The van der Waals surface area contributed by atoms with E-state index in [1.807, 2.05) is 18.4 Å². The van der Waals surface area contributed by atoms with Crippen molar-refractivity contribution >= 4 is 5.95 Å². The zero-order chi connectivity index (χ0) is 13.8. The van der Waals surface area contributed by atoms with Gasteiger partial charge in [0.1, 0.15) is 11.5 Å². The maximum absolute atomic E-state index is 9.99. The van der Waals surface area contributed by atoms with Crippen molar-refractivity contribution in [2.75, 3.05) is 19.0 Å². The third-order valence-corrected chi connectivity index (χ3v) is 2.85. The lowest BCUT2D eigenvalue weighted by Gasteiger charge is -2.10. The van der Waals surface area contributed by atoms with Crippen LogP contribution in [0, 0.1) is 0 Å². The number of benzene rings is 1. The molecule has 6 nitrogen and oxygen atoms in total. The average molecular weight is 262 g/mol. The van der Waals surface area contributed by atoms with Crippen LogP contribution in [0.5, 0.6) is 11.5 Å². The van der Waals surface area contributed by atoms with Crippen LogP contribution in [0.4, 0.5) is 5.95 Å². The molecule has 1 heterocycles. The van der Waals surface area contributed by atoms with E-state index in [-0.39, 0.29) is 5.75 Å². The van der Waals surface area contributed by atoms with Gasteiger partial charge in [-0.05, 0) is 32.0 Å². The van der Waals surface area contributed by atoms with Gasteiger partial charge in [-0.25, -0.2) is 0 Å². The summed E-state index contributed by atoms with van der Waals surface area (Å²) in [5.74, 6) is 2.14. The number of hydrogen-bond acceptors (Lipinski definition) is 5. The molecule has 0 aliphatic carbocycles. The standard InChI is InChI=1S/C13H18N4O2/c1-4-14-13-16-15-12(17(13)5-2)10-8-9(19-3)6-7-11(10)18/h6-8,18H,4-5H2,1-3H3,(H,14,16). The Bertz CT molecular complexity index is 566. The van der Waals surface area contributed by atoms with Gasteiger partial charge >= 0.3 is 0 Å². The molecule has 0 radical (unpaired) electrons. The van der Waals surface area contributed by atoms with Crippen LogP contribution in [-0.2, 0) is 6.54 Å². The third kappa shape index (κ3) is 2.47. The van der Waals surface area contributed by atoms with E-state index in [4.69, 9.17) is 4.74 Å². The van der Waals surface area contributed by atoms with Crippen LogP contribution in [0.1, 0.15) is 13.8 Å². The van der Waals surface area contributed by atoms with E-state index in [0.29, 0.717) is 29.6 Å². The molecule has 2 aromatic rings. The molecule has 0 spiro atoms. The van der Waals surface area contributed by atoms with E-state index < -0.39 is 0 Å². The molecule has 19 heavy (non-hydrogen) atoms. The van der Waals surface area contributed by atoms with Crippen molar-refractivity contribution < 1.29 is 9.84 Å². The fourth-order valence-corrected chi connectivity index (χ4v) is 1.91. The molecule has 0 saturated carbocycles. The van der Waals surface area contributed by atoms with Crippen molar-refractivity contribution in [2.24, 2.45) is 0 Å². The van der Waals surface area contributed by atoms with Crippen LogP contribution < -0.4 is 10.1 Å². The van der Waals surface area contributed by atoms with E-state index in [2.05, 4.69) is 15.5 Å². The highest BCUT2D eigenvalue weighted by atomic mass is 16.5. The molecular formula is C13H18N4O2. The number of nitrogens with zero attached hydrogens (tertiary/aromatic N) is 3. The first-order valence-electron chi connectivity index (χ1n) is 6.25. The Morgan fingerprint density at radius 3 is 2.74 bits per heavy atom. The molecule has 102 valence electrons. The van der Waals surface area contributed by atoms with Crippen LogP contribution >= 0.6 is 0 Å². The highest BCUT2D eigenvalue weighted by molar-refractivity contribution is 5.67. The normalized spacial score (nSPS) is 10.5. The predicted molar refractivity (Wildman–Crippen MR) is 73.5 cm³/mol. The van der Waals surface area contributed by atoms with Gasteiger partial charge in [0.05, 0.1) is 12.7 Å². The van der Waals surface area contributed by atoms with Gasteiger partial charge in [0.25, 0.3) is 0 Å². The van der Waals surface area contributed by atoms with Crippen LogP contribution in [-0.4, -0.2) is 33.5 Å². The van der Waals surface area contributed by atoms with Gasteiger partial charge in [-0.1, -0.05) is 0 Å². The fourth-order valence-electron chi connectivity index (χ4n) is 1.91. The Kier molecular flexibility index (Phi) is 3.89. The number of aromatic hydroxyl groups is 1. The summed E-state index contributed by atoms with van der Waals surface area (Å²) < 4.78 is 7.09. The fraction of sp³-hybridized carbons (Fsp3) is 0.385. The number of phenols is 1. The molecule has 0 amide bonds. The molecule has 0 atom stereocenters. The van der Waals surface area contributed by atoms with Crippen LogP contribution in [0.15, 0.2) is 18.2 Å². The highest BCUT2D eigenvalue weighted by Crippen LogP contribution is 2.32. The van der Waals surface area contributed by atoms with Crippen LogP contribution in [0.2, 0.25) is 0 Å². The van der Waals surface area contributed by atoms with Crippen LogP contribution in [0.25, 0.3) is 11.4 Å². The number of hydrogen-bond donors (Lipinski definition) is 2. The van der Waals surface area contributed by atoms with Crippen molar-refractivity contribution in [3.05, 3.63) is 18.2 Å². The Labute approximate surface area is 112 Å². The Hall–Kier alpha value is -2.24. The molecule has 0 aliphatic rings. The van der Waals surface area contributed by atoms with Gasteiger partial charge in [0.2, 0.25) is 5.95 Å². The molecule has 0 aliphatic heterocycles. The van der Waals surface area contributed by atoms with Gasteiger partial charge in [-0.3, -0.25) is 4.57 Å². The Morgan fingerprint density at radius 1 is 1.32 bits per heavy atom. The summed E-state index contributed by atoms with van der Waals surface area (Å²) in [7, 11) is 1.59. The minimum Gasteiger partial charge on any atom is -0.507 e. The molecule has 0 unspecified atom stereocenters. The first kappa shape index (κ1) is 13.2. The van der Waals surface area contributed by atoms with Crippen molar-refractivity contribution in [3.63, 3.8) is 0 Å². The number of anilines is 1. The first-order chi connectivity index (χ1) is 9.21. The monoisotopic (exact) mass is 262 g/mol. The topological polar surface area (TPSA) is 72.2 Å². The molecular weight excluding hydrogens is 244 g/mol. The zero-order valence-corrected chi connectivity index (χ0v) is 11.3. The molecule has 0 fully saturated rings. The SMILES string of the molecule is CCNc1nnc(-c2cc(OC)ccc2O)n1CC. The lowest BCUT2D eigenvalue weighted by molar-refractivity contribution is 0.412. The number of nitrogens with one attached hydrogen (secondary N) is 1. The quantitative estimate of drug-likeness (QED) is 0.863. The van der Waals surface area contributed by atoms with Gasteiger partial charge in [0.15, 0.2) is 5.82 Å². The summed E-state index contributed by atoms with van der Waals surface area (Å²) >= 11 is 0. The van der Waals surface area contributed by atoms with Crippen molar-refractivity contribution in [3.8, 4) is 22.9 Å². The number of rotatable bonds is 5. The summed E-state index contributed by atoms with van der Waals surface area (Å²) in [6.45, 7) is 5.48. The van der Waals surface area contributed by atoms with Gasteiger partial charge in [-0.2, -0.15) is 0 Å². The molecule has 1 aromatic carbocycles. The first-order valence-corrected chi connectivity index (χ1v) is 6.25. The summed E-state index contributed by atoms with van der Waals surface area (Å²) in [6.07, 6.45) is 0. The van der Waals surface area contributed by atoms with E-state index in [1.54, 1.807) is 25.3 Å². The second-order valence-electron chi connectivity index (χ2n) is 4.00. The van der Waals surface area contributed by atoms with Gasteiger partial charge in [-0.15, -0.1) is 10.2 Å². The molecule has 2 rings (SSSR count). The minimum absolute atomic E-state index is 0.158. The van der Waals surface area contributed by atoms with Gasteiger partial charge in [0, 0.05) is 13.1 Å². The predicted octanol–water partition coefficient (Wildman–Crippen LogP) is 2.11. The second kappa shape index (κ2) is 5.60. The lowest BCUT2D eigenvalue weighted by atomic mass is 10.1. The molecule has 0 bridgehead atoms. The summed E-state index contributed by atoms with van der Waals surface area (Å²) in [5, 5.41) is 21.4. The molecule has 1 aromatic heterocycles. The molecule has 0 saturated heterocycles. The maximum atomic E-state index is 9.99. The average Bonchev–Trinajstić information content (AvgIpc) is 2.82. The molecule has 2 N–H and O–H groups in total. The highest BCUT2D eigenvalue weighted by Gasteiger charge is 2.16. The number of ether oxygens (including phenoxy) is 1. The Balaban J connectivity index is 2.52. The van der Waals surface area contributed by atoms with Crippen LogP contribution in [0.3, 0.4) is 0 Å². The maximum Gasteiger partial charge on any atom is 0.224 e. The van der Waals surface area contributed by atoms with Crippen molar-refractivity contribution in [2.45, 2.75) is 20.4 Å². The third-order valence-electron chi connectivity index (χ3n) is 2.85. The largest absolute Gasteiger partial charge is 0.507 e. The molecule has 6 heteroatoms. The van der Waals surface area contributed by atoms with Gasteiger partial charge < -0.3 is 15.2 Å². The van der Waals surface area contributed by atoms with E-state index in [9.17, 15) is 5.11 Å². The van der Waals surface area contributed by atoms with E-state index in [1.165, 1.54) is 0 Å². The zero-order valence-electron chi connectivity index (χ0n) is 11.3. The minimum atomic E-state index is 0.158. The smallest absolute Gasteiger partial charge is 0.224 e. The summed E-state index contributed by atoms with van der Waals surface area (Å²) in [6, 6.07) is 5.05. The van der Waals surface area contributed by atoms with E-state index >= 15 is 0 Å². The summed E-state index contributed by atoms with van der Waals surface area (Å²) in [4.78, 5) is 0. The Morgan fingerprint density at radius 2 is 2.11 bits per heavy atom. The second-order valence-corrected chi connectivity index (χ2v) is 4.00. The lowest BCUT2D eigenvalue weighted by Crippen LogP contribution is -2.07. The summed E-state index contributed by atoms with van der Waals surface area (Å²) in [5.41, 5.74) is 0.609. The van der Waals surface area contributed by atoms with Crippen molar-refractivity contribution in [1.82, 2.24) is 14.8 Å². The number of aromatic nitrogens is 3.